The molecular formula is C13H17ClN4S. The number of halogens is 1. The van der Waals surface area contributed by atoms with E-state index in [0.717, 1.165) is 36.0 Å². The fourth-order valence-electron chi connectivity index (χ4n) is 2.65. The Morgan fingerprint density at radius 3 is 3.21 bits per heavy atom. The first kappa shape index (κ1) is 13.1. The first-order valence-electron chi connectivity index (χ1n) is 6.59. The lowest BCUT2D eigenvalue weighted by Gasteiger charge is -2.13. The molecular weight excluding hydrogens is 280 g/mol. The summed E-state index contributed by atoms with van der Waals surface area (Å²) in [6, 6.07) is 2.52. The SMILES string of the molecule is CCn1nnc(C)c1CNC1CCc2sc(Cl)cc21. The van der Waals surface area contributed by atoms with Gasteiger partial charge >= 0.3 is 0 Å². The van der Waals surface area contributed by atoms with Gasteiger partial charge in [0.1, 0.15) is 0 Å². The molecule has 0 spiro atoms. The molecule has 1 atom stereocenters. The van der Waals surface area contributed by atoms with Crippen LogP contribution in [-0.4, -0.2) is 15.0 Å². The molecule has 1 aliphatic carbocycles. The summed E-state index contributed by atoms with van der Waals surface area (Å²) < 4.78 is 2.85. The molecule has 3 rings (SSSR count). The van der Waals surface area contributed by atoms with Crippen molar-refractivity contribution in [2.24, 2.45) is 0 Å². The van der Waals surface area contributed by atoms with Crippen molar-refractivity contribution in [3.05, 3.63) is 32.2 Å². The highest BCUT2D eigenvalue weighted by Crippen LogP contribution is 2.39. The van der Waals surface area contributed by atoms with Gasteiger partial charge in [-0.15, -0.1) is 16.4 Å². The second-order valence-corrected chi connectivity index (χ2v) is 6.61. The van der Waals surface area contributed by atoms with Crippen LogP contribution in [0.25, 0.3) is 0 Å². The molecule has 6 heteroatoms. The molecule has 4 nitrogen and oxygen atoms in total. The van der Waals surface area contributed by atoms with Crippen LogP contribution in [0.15, 0.2) is 6.07 Å². The predicted octanol–water partition coefficient (Wildman–Crippen LogP) is 3.10. The van der Waals surface area contributed by atoms with E-state index in [4.69, 9.17) is 11.6 Å². The average molecular weight is 297 g/mol. The van der Waals surface area contributed by atoms with Crippen molar-refractivity contribution in [1.29, 1.82) is 0 Å². The fraction of sp³-hybridized carbons (Fsp3) is 0.538. The van der Waals surface area contributed by atoms with Crippen molar-refractivity contribution in [2.45, 2.75) is 45.8 Å². The number of nitrogens with one attached hydrogen (secondary N) is 1. The zero-order valence-electron chi connectivity index (χ0n) is 11.1. The Morgan fingerprint density at radius 1 is 1.58 bits per heavy atom. The van der Waals surface area contributed by atoms with Gasteiger partial charge in [0.05, 0.1) is 15.7 Å². The number of hydrogen-bond acceptors (Lipinski definition) is 4. The lowest BCUT2D eigenvalue weighted by Crippen LogP contribution is -2.21. The smallest absolute Gasteiger partial charge is 0.0934 e. The fourth-order valence-corrected chi connectivity index (χ4v) is 4.01. The molecule has 1 unspecified atom stereocenters. The average Bonchev–Trinajstić information content (AvgIpc) is 3.02. The third-order valence-electron chi connectivity index (χ3n) is 3.69. The Labute approximate surface area is 121 Å². The monoisotopic (exact) mass is 296 g/mol. The third-order valence-corrected chi connectivity index (χ3v) is 5.03. The van der Waals surface area contributed by atoms with Gasteiger partial charge in [0.2, 0.25) is 0 Å². The van der Waals surface area contributed by atoms with E-state index in [1.54, 1.807) is 11.3 Å². The molecule has 0 aromatic carbocycles. The molecule has 2 aromatic heterocycles. The molecule has 1 aliphatic rings. The second-order valence-electron chi connectivity index (χ2n) is 4.84. The maximum atomic E-state index is 6.08. The van der Waals surface area contributed by atoms with E-state index in [1.807, 2.05) is 11.6 Å². The number of thiophene rings is 1. The largest absolute Gasteiger partial charge is 0.304 e. The van der Waals surface area contributed by atoms with E-state index in [0.29, 0.717) is 6.04 Å². The molecule has 0 saturated heterocycles. The van der Waals surface area contributed by atoms with Gasteiger partial charge < -0.3 is 5.32 Å². The molecule has 0 fully saturated rings. The molecule has 0 bridgehead atoms. The van der Waals surface area contributed by atoms with Crippen molar-refractivity contribution >= 4 is 22.9 Å². The molecule has 2 aromatic rings. The molecule has 0 amide bonds. The zero-order valence-corrected chi connectivity index (χ0v) is 12.7. The Morgan fingerprint density at radius 2 is 2.42 bits per heavy atom. The highest BCUT2D eigenvalue weighted by molar-refractivity contribution is 7.16. The standard InChI is InChI=1S/C13H17ClN4S/c1-3-18-11(8(2)16-17-18)7-15-10-4-5-12-9(10)6-13(14)19-12/h6,10,15H,3-5,7H2,1-2H3. The van der Waals surface area contributed by atoms with Crippen molar-refractivity contribution < 1.29 is 0 Å². The predicted molar refractivity (Wildman–Crippen MR) is 77.7 cm³/mol. The molecule has 1 N–H and O–H groups in total. The van der Waals surface area contributed by atoms with Crippen LogP contribution < -0.4 is 5.32 Å². The quantitative estimate of drug-likeness (QED) is 0.943. The number of aromatic nitrogens is 3. The highest BCUT2D eigenvalue weighted by Gasteiger charge is 2.25. The van der Waals surface area contributed by atoms with Crippen LogP contribution in [0.2, 0.25) is 4.34 Å². The van der Waals surface area contributed by atoms with Crippen molar-refractivity contribution in [2.75, 3.05) is 0 Å². The maximum absolute atomic E-state index is 6.08. The van der Waals surface area contributed by atoms with Gasteiger partial charge in [-0.1, -0.05) is 16.8 Å². The van der Waals surface area contributed by atoms with Gasteiger partial charge in [-0.05, 0) is 38.3 Å². The summed E-state index contributed by atoms with van der Waals surface area (Å²) in [6.07, 6.45) is 2.29. The van der Waals surface area contributed by atoms with E-state index in [9.17, 15) is 0 Å². The van der Waals surface area contributed by atoms with Gasteiger partial charge in [-0.2, -0.15) is 0 Å². The minimum Gasteiger partial charge on any atom is -0.304 e. The molecule has 102 valence electrons. The minimum absolute atomic E-state index is 0.415. The molecule has 19 heavy (non-hydrogen) atoms. The Hall–Kier alpha value is -0.910. The van der Waals surface area contributed by atoms with Gasteiger partial charge in [0.15, 0.2) is 0 Å². The number of fused-ring (bicyclic) bond motifs is 1. The van der Waals surface area contributed by atoms with Crippen molar-refractivity contribution in [3.63, 3.8) is 0 Å². The number of hydrogen-bond donors (Lipinski definition) is 1. The van der Waals surface area contributed by atoms with Gasteiger partial charge in [0.25, 0.3) is 0 Å². The van der Waals surface area contributed by atoms with Gasteiger partial charge in [-0.25, -0.2) is 4.68 Å². The maximum Gasteiger partial charge on any atom is 0.0934 e. The molecule has 2 heterocycles. The Bertz CT molecular complexity index is 589. The summed E-state index contributed by atoms with van der Waals surface area (Å²) in [4.78, 5) is 1.43. The van der Waals surface area contributed by atoms with Crippen molar-refractivity contribution in [1.82, 2.24) is 20.3 Å². The number of rotatable bonds is 4. The van der Waals surface area contributed by atoms with Crippen LogP contribution in [0.1, 0.15) is 41.2 Å². The van der Waals surface area contributed by atoms with Crippen LogP contribution in [-0.2, 0) is 19.5 Å². The Kier molecular flexibility index (Phi) is 3.60. The lowest BCUT2D eigenvalue weighted by molar-refractivity contribution is 0.500. The van der Waals surface area contributed by atoms with E-state index in [2.05, 4.69) is 28.6 Å². The first-order chi connectivity index (χ1) is 9.19. The van der Waals surface area contributed by atoms with E-state index in [1.165, 1.54) is 16.1 Å². The Balaban J connectivity index is 1.72. The summed E-state index contributed by atoms with van der Waals surface area (Å²) >= 11 is 7.79. The van der Waals surface area contributed by atoms with E-state index in [-0.39, 0.29) is 0 Å². The minimum atomic E-state index is 0.415. The number of nitrogens with zero attached hydrogens (tertiary/aromatic N) is 3. The van der Waals surface area contributed by atoms with Crippen LogP contribution in [0.3, 0.4) is 0 Å². The van der Waals surface area contributed by atoms with E-state index < -0.39 is 0 Å². The summed E-state index contributed by atoms with van der Waals surface area (Å²) in [5.74, 6) is 0. The highest BCUT2D eigenvalue weighted by atomic mass is 35.5. The topological polar surface area (TPSA) is 42.7 Å². The van der Waals surface area contributed by atoms with Crippen LogP contribution in [0, 0.1) is 6.92 Å². The van der Waals surface area contributed by atoms with Crippen LogP contribution in [0.5, 0.6) is 0 Å². The summed E-state index contributed by atoms with van der Waals surface area (Å²) in [5, 5.41) is 11.9. The van der Waals surface area contributed by atoms with E-state index >= 15 is 0 Å². The van der Waals surface area contributed by atoms with Crippen LogP contribution in [0.4, 0.5) is 0 Å². The molecule has 0 radical (unpaired) electrons. The van der Waals surface area contributed by atoms with Gasteiger partial charge in [-0.3, -0.25) is 0 Å². The second kappa shape index (κ2) is 5.23. The number of aryl methyl sites for hydroxylation is 3. The third kappa shape index (κ3) is 2.42. The summed E-state index contributed by atoms with van der Waals surface area (Å²) in [5.41, 5.74) is 3.57. The molecule has 0 saturated carbocycles. The lowest BCUT2D eigenvalue weighted by atomic mass is 10.1. The molecule has 0 aliphatic heterocycles. The summed E-state index contributed by atoms with van der Waals surface area (Å²) in [7, 11) is 0. The summed E-state index contributed by atoms with van der Waals surface area (Å²) in [6.45, 7) is 5.77. The zero-order chi connectivity index (χ0) is 13.4. The van der Waals surface area contributed by atoms with Gasteiger partial charge in [0, 0.05) is 24.0 Å². The first-order valence-corrected chi connectivity index (χ1v) is 7.79. The normalized spacial score (nSPS) is 17.9. The van der Waals surface area contributed by atoms with Crippen LogP contribution >= 0.6 is 22.9 Å². The van der Waals surface area contributed by atoms with Crippen molar-refractivity contribution in [3.8, 4) is 0 Å².